The van der Waals surface area contributed by atoms with Gasteiger partial charge in [0.15, 0.2) is 18.1 Å². The Balaban J connectivity index is 1.36. The summed E-state index contributed by atoms with van der Waals surface area (Å²) < 4.78 is 15.8. The third kappa shape index (κ3) is 6.19. The Morgan fingerprint density at radius 2 is 1.87 bits per heavy atom. The predicted molar refractivity (Wildman–Crippen MR) is 111 cm³/mol. The number of rotatable bonds is 6. The second kappa shape index (κ2) is 10.4. The third-order valence-corrected chi connectivity index (χ3v) is 5.43. The van der Waals surface area contributed by atoms with Gasteiger partial charge in [-0.3, -0.25) is 25.2 Å². The molecule has 30 heavy (non-hydrogen) atoms. The van der Waals surface area contributed by atoms with Crippen LogP contribution in [0.5, 0.6) is 11.5 Å². The second-order valence-corrected chi connectivity index (χ2v) is 7.79. The lowest BCUT2D eigenvalue weighted by Gasteiger charge is -2.25. The quantitative estimate of drug-likeness (QED) is 0.379. The Morgan fingerprint density at radius 3 is 2.67 bits per heavy atom. The predicted octanol–water partition coefficient (Wildman–Crippen LogP) is 2.62. The van der Waals surface area contributed by atoms with Crippen LogP contribution in [0.25, 0.3) is 0 Å². The zero-order valence-electron chi connectivity index (χ0n) is 15.4. The van der Waals surface area contributed by atoms with E-state index >= 15 is 0 Å². The van der Waals surface area contributed by atoms with Crippen molar-refractivity contribution in [3.8, 4) is 11.5 Å². The summed E-state index contributed by atoms with van der Waals surface area (Å²) in [7, 11) is 0. The van der Waals surface area contributed by atoms with Crippen LogP contribution in [0.4, 0.5) is 0 Å². The lowest BCUT2D eigenvalue weighted by atomic mass is 10.2. The van der Waals surface area contributed by atoms with Crippen molar-refractivity contribution in [3.05, 3.63) is 52.5 Å². The van der Waals surface area contributed by atoms with Gasteiger partial charge in [0.05, 0.1) is 10.8 Å². The van der Waals surface area contributed by atoms with Gasteiger partial charge in [0.1, 0.15) is 6.61 Å². The average Bonchev–Trinajstić information content (AvgIpc) is 2.76. The molecule has 8 nitrogen and oxygen atoms in total. The van der Waals surface area contributed by atoms with Gasteiger partial charge in [-0.05, 0) is 30.3 Å². The summed E-state index contributed by atoms with van der Waals surface area (Å²) in [5.41, 5.74) is 4.36. The number of amides is 2. The topological polar surface area (TPSA) is 103 Å². The van der Waals surface area contributed by atoms with E-state index in [1.165, 1.54) is 0 Å². The first kappa shape index (κ1) is 22.1. The Kier molecular flexibility index (Phi) is 7.67. The molecule has 0 saturated heterocycles. The first-order valence-corrected chi connectivity index (χ1v) is 10.4. The van der Waals surface area contributed by atoms with Gasteiger partial charge in [0, 0.05) is 9.92 Å². The Morgan fingerprint density at radius 1 is 1.10 bits per heavy atom. The molecule has 1 atom stereocenters. The van der Waals surface area contributed by atoms with Crippen LogP contribution in [-0.2, 0) is 19.1 Å². The average molecular weight is 471 g/mol. The van der Waals surface area contributed by atoms with Crippen LogP contribution in [0.1, 0.15) is 0 Å². The molecule has 1 aliphatic rings. The molecule has 0 saturated carbocycles. The summed E-state index contributed by atoms with van der Waals surface area (Å²) in [6.45, 7) is -0.565. The molecule has 1 aliphatic heterocycles. The number of nitrogens with one attached hydrogen (secondary N) is 2. The van der Waals surface area contributed by atoms with E-state index in [2.05, 4.69) is 10.9 Å². The zero-order chi connectivity index (χ0) is 21.5. The number of carbonyl (C=O) groups excluding carboxylic acids is 3. The first-order valence-electron chi connectivity index (χ1n) is 8.63. The molecular formula is C19H16Cl2N2O6S. The van der Waals surface area contributed by atoms with Crippen LogP contribution in [0.3, 0.4) is 0 Å². The summed E-state index contributed by atoms with van der Waals surface area (Å²) in [6, 6.07) is 11.8. The normalized spacial score (nSPS) is 14.5. The number of fused-ring (bicyclic) bond motifs is 1. The van der Waals surface area contributed by atoms with Gasteiger partial charge in [-0.15, -0.1) is 11.8 Å². The summed E-state index contributed by atoms with van der Waals surface area (Å²) >= 11 is 13.0. The Labute approximate surface area is 186 Å². The molecule has 158 valence electrons. The van der Waals surface area contributed by atoms with E-state index in [4.69, 9.17) is 37.4 Å². The fraction of sp³-hybridized carbons (Fsp3) is 0.211. The minimum absolute atomic E-state index is 0.00299. The van der Waals surface area contributed by atoms with E-state index in [1.54, 1.807) is 42.5 Å². The number of benzene rings is 2. The molecule has 3 rings (SSSR count). The highest BCUT2D eigenvalue weighted by molar-refractivity contribution is 8.00. The van der Waals surface area contributed by atoms with Crippen LogP contribution < -0.4 is 20.3 Å². The molecule has 2 amide bonds. The van der Waals surface area contributed by atoms with Gasteiger partial charge < -0.3 is 14.2 Å². The van der Waals surface area contributed by atoms with Crippen LogP contribution in [0, 0.1) is 0 Å². The molecular weight excluding hydrogens is 455 g/mol. The zero-order valence-corrected chi connectivity index (χ0v) is 17.7. The number of thioether (sulfide) groups is 1. The van der Waals surface area contributed by atoms with E-state index < -0.39 is 30.5 Å². The maximum atomic E-state index is 12.1. The fourth-order valence-electron chi connectivity index (χ4n) is 2.31. The maximum Gasteiger partial charge on any atom is 0.316 e. The van der Waals surface area contributed by atoms with Crippen LogP contribution in [0.15, 0.2) is 47.4 Å². The Bertz CT molecular complexity index is 958. The molecule has 11 heteroatoms. The van der Waals surface area contributed by atoms with Crippen molar-refractivity contribution in [2.75, 3.05) is 19.0 Å². The molecule has 0 spiro atoms. The second-order valence-electron chi connectivity index (χ2n) is 5.93. The van der Waals surface area contributed by atoms with Crippen molar-refractivity contribution in [2.45, 2.75) is 11.0 Å². The van der Waals surface area contributed by atoms with Gasteiger partial charge in [-0.2, -0.15) is 0 Å². The van der Waals surface area contributed by atoms with Crippen molar-refractivity contribution in [2.24, 2.45) is 0 Å². The van der Waals surface area contributed by atoms with Crippen molar-refractivity contribution in [1.29, 1.82) is 0 Å². The number of esters is 1. The fourth-order valence-corrected chi connectivity index (χ4v) is 3.60. The summed E-state index contributed by atoms with van der Waals surface area (Å²) in [4.78, 5) is 36.3. The molecule has 2 N–H and O–H groups in total. The van der Waals surface area contributed by atoms with Crippen LogP contribution >= 0.6 is 35.0 Å². The molecule has 0 radical (unpaired) electrons. The number of para-hydroxylation sites is 2. The van der Waals surface area contributed by atoms with E-state index in [9.17, 15) is 14.4 Å². The third-order valence-electron chi connectivity index (χ3n) is 3.73. The van der Waals surface area contributed by atoms with Gasteiger partial charge in [0.25, 0.3) is 11.8 Å². The van der Waals surface area contributed by atoms with Crippen molar-refractivity contribution >= 4 is 52.7 Å². The molecule has 2 aromatic carbocycles. The number of ether oxygens (including phenoxy) is 3. The molecule has 0 bridgehead atoms. The number of hydrogen-bond donors (Lipinski definition) is 2. The number of hydrogen-bond acceptors (Lipinski definition) is 7. The van der Waals surface area contributed by atoms with E-state index in [0.29, 0.717) is 26.4 Å². The number of halogens is 2. The summed E-state index contributed by atoms with van der Waals surface area (Å²) in [6.07, 6.45) is -0.929. The van der Waals surface area contributed by atoms with Crippen LogP contribution in [-0.4, -0.2) is 42.9 Å². The smallest absolute Gasteiger partial charge is 0.316 e. The largest absolute Gasteiger partial charge is 0.485 e. The van der Waals surface area contributed by atoms with E-state index in [1.807, 2.05) is 0 Å². The minimum atomic E-state index is -0.929. The standard InChI is InChI=1S/C19H16Cl2N2O6S/c20-11-5-6-12(21)16(7-11)30-10-18(25)28-9-17(24)22-23-19(26)15-8-27-13-3-1-2-4-14(13)29-15/h1-7,15H,8-10H2,(H,22,24)(H,23,26). The molecule has 0 aliphatic carbocycles. The number of hydrazine groups is 1. The molecule has 1 heterocycles. The van der Waals surface area contributed by atoms with E-state index in [0.717, 1.165) is 11.8 Å². The van der Waals surface area contributed by atoms with Crippen molar-refractivity contribution in [3.63, 3.8) is 0 Å². The SMILES string of the molecule is O=C(COC(=O)CSc1cc(Cl)ccc1Cl)NNC(=O)C1COc2ccccc2O1. The van der Waals surface area contributed by atoms with Gasteiger partial charge in [-0.1, -0.05) is 35.3 Å². The van der Waals surface area contributed by atoms with Gasteiger partial charge in [-0.25, -0.2) is 0 Å². The van der Waals surface area contributed by atoms with Crippen molar-refractivity contribution < 1.29 is 28.6 Å². The highest BCUT2D eigenvalue weighted by Crippen LogP contribution is 2.31. The number of carbonyl (C=O) groups is 3. The summed E-state index contributed by atoms with van der Waals surface area (Å²) in [5, 5.41) is 0.940. The first-order chi connectivity index (χ1) is 14.4. The molecule has 0 aromatic heterocycles. The maximum absolute atomic E-state index is 12.1. The van der Waals surface area contributed by atoms with E-state index in [-0.39, 0.29) is 12.4 Å². The van der Waals surface area contributed by atoms with Crippen LogP contribution in [0.2, 0.25) is 10.0 Å². The van der Waals surface area contributed by atoms with Crippen molar-refractivity contribution in [1.82, 2.24) is 10.9 Å². The summed E-state index contributed by atoms with van der Waals surface area (Å²) in [5.74, 6) is -1.03. The van der Waals surface area contributed by atoms with Gasteiger partial charge >= 0.3 is 5.97 Å². The van der Waals surface area contributed by atoms with Gasteiger partial charge in [0.2, 0.25) is 6.10 Å². The molecule has 2 aromatic rings. The highest BCUT2D eigenvalue weighted by Gasteiger charge is 2.27. The molecule has 1 unspecified atom stereocenters. The molecule has 0 fully saturated rings. The Hall–Kier alpha value is -2.62. The lowest BCUT2D eigenvalue weighted by molar-refractivity contribution is -0.146. The lowest BCUT2D eigenvalue weighted by Crippen LogP contribution is -2.51. The highest BCUT2D eigenvalue weighted by atomic mass is 35.5. The minimum Gasteiger partial charge on any atom is -0.485 e. The monoisotopic (exact) mass is 470 g/mol.